The molecule has 1 aliphatic rings. The zero-order valence-electron chi connectivity index (χ0n) is 7.30. The topological polar surface area (TPSA) is 43.4 Å². The van der Waals surface area contributed by atoms with E-state index < -0.39 is 0 Å². The number of para-hydroxylation sites is 1. The SMILES string of the molecule is C1=Cc2ccccc2OC1.O=C=O.[Mo]. The second kappa shape index (κ2) is 7.25. The van der Waals surface area contributed by atoms with E-state index in [9.17, 15) is 0 Å². The minimum absolute atomic E-state index is 0. The zero-order chi connectivity index (χ0) is 9.52. The predicted molar refractivity (Wildman–Crippen MR) is 46.0 cm³/mol. The summed E-state index contributed by atoms with van der Waals surface area (Å²) in [6.07, 6.45) is 4.35. The molecule has 0 fully saturated rings. The van der Waals surface area contributed by atoms with Gasteiger partial charge < -0.3 is 4.74 Å². The molecule has 0 amide bonds. The van der Waals surface area contributed by atoms with Crippen molar-refractivity contribution >= 4 is 12.2 Å². The van der Waals surface area contributed by atoms with Crippen LogP contribution in [0.3, 0.4) is 0 Å². The summed E-state index contributed by atoms with van der Waals surface area (Å²) in [6, 6.07) is 8.03. The fraction of sp³-hybridized carbons (Fsp3) is 0.100. The number of hydrogen-bond acceptors (Lipinski definition) is 3. The molecule has 0 aliphatic carbocycles. The molecule has 0 bridgehead atoms. The molecular formula is C10H8MoO3. The summed E-state index contributed by atoms with van der Waals surface area (Å²) < 4.78 is 5.34. The summed E-state index contributed by atoms with van der Waals surface area (Å²) in [5.74, 6) is 0.991. The first-order chi connectivity index (χ1) is 6.38. The van der Waals surface area contributed by atoms with Gasteiger partial charge in [-0.3, -0.25) is 0 Å². The number of rotatable bonds is 0. The average molecular weight is 272 g/mol. The molecule has 0 spiro atoms. The molecule has 0 atom stereocenters. The van der Waals surface area contributed by atoms with Crippen molar-refractivity contribution in [2.45, 2.75) is 0 Å². The molecular weight excluding hydrogens is 264 g/mol. The summed E-state index contributed by atoms with van der Waals surface area (Å²) in [4.78, 5) is 16.2. The van der Waals surface area contributed by atoms with Crippen molar-refractivity contribution in [3.05, 3.63) is 35.9 Å². The Morgan fingerprint density at radius 2 is 1.86 bits per heavy atom. The molecule has 1 aromatic carbocycles. The van der Waals surface area contributed by atoms with E-state index in [0.29, 0.717) is 6.61 Å². The van der Waals surface area contributed by atoms with Crippen molar-refractivity contribution in [1.82, 2.24) is 0 Å². The van der Waals surface area contributed by atoms with Crippen LogP contribution in [0.5, 0.6) is 5.75 Å². The van der Waals surface area contributed by atoms with E-state index in [-0.39, 0.29) is 27.2 Å². The van der Waals surface area contributed by atoms with Crippen molar-refractivity contribution < 1.29 is 35.4 Å². The summed E-state index contributed by atoms with van der Waals surface area (Å²) in [5.41, 5.74) is 1.17. The summed E-state index contributed by atoms with van der Waals surface area (Å²) in [6.45, 7) is 0.705. The van der Waals surface area contributed by atoms with Crippen LogP contribution >= 0.6 is 0 Å². The van der Waals surface area contributed by atoms with Crippen molar-refractivity contribution in [2.75, 3.05) is 6.61 Å². The first-order valence-corrected chi connectivity index (χ1v) is 3.76. The molecule has 1 heterocycles. The van der Waals surface area contributed by atoms with Gasteiger partial charge in [0.25, 0.3) is 0 Å². The molecule has 3 nitrogen and oxygen atoms in total. The van der Waals surface area contributed by atoms with Crippen molar-refractivity contribution in [3.63, 3.8) is 0 Å². The second-order valence-corrected chi connectivity index (χ2v) is 2.33. The maximum absolute atomic E-state index is 8.12. The molecule has 1 aliphatic heterocycles. The van der Waals surface area contributed by atoms with Crippen LogP contribution in [0.2, 0.25) is 0 Å². The van der Waals surface area contributed by atoms with Gasteiger partial charge in [-0.25, -0.2) is 0 Å². The van der Waals surface area contributed by atoms with Crippen LogP contribution in [0.25, 0.3) is 6.08 Å². The van der Waals surface area contributed by atoms with E-state index in [2.05, 4.69) is 6.08 Å². The largest absolute Gasteiger partial charge is 0.489 e. The summed E-state index contributed by atoms with van der Waals surface area (Å²) in [7, 11) is 0. The van der Waals surface area contributed by atoms with Gasteiger partial charge >= 0.3 is 6.15 Å². The van der Waals surface area contributed by atoms with Gasteiger partial charge in [0.1, 0.15) is 12.4 Å². The maximum Gasteiger partial charge on any atom is 0.373 e. The van der Waals surface area contributed by atoms with Gasteiger partial charge in [-0.1, -0.05) is 24.3 Å². The Morgan fingerprint density at radius 1 is 1.21 bits per heavy atom. The second-order valence-electron chi connectivity index (χ2n) is 2.33. The van der Waals surface area contributed by atoms with Gasteiger partial charge in [-0.05, 0) is 12.1 Å². The Hall–Kier alpha value is -1.17. The monoisotopic (exact) mass is 274 g/mol. The molecule has 0 aromatic heterocycles. The smallest absolute Gasteiger partial charge is 0.373 e. The van der Waals surface area contributed by atoms with E-state index in [4.69, 9.17) is 14.3 Å². The fourth-order valence-electron chi connectivity index (χ4n) is 1.06. The van der Waals surface area contributed by atoms with Crippen LogP contribution in [-0.2, 0) is 30.7 Å². The molecule has 0 unspecified atom stereocenters. The standard InChI is InChI=1S/C9H8O.CO2.Mo/c1-2-6-9-8(4-1)5-3-7-10-9;2-1-3;/h1-6H,7H2;;. The number of hydrogen-bond donors (Lipinski definition) is 0. The number of ether oxygens (including phenoxy) is 1. The third kappa shape index (κ3) is 3.69. The van der Waals surface area contributed by atoms with Crippen molar-refractivity contribution in [3.8, 4) is 5.75 Å². The van der Waals surface area contributed by atoms with E-state index >= 15 is 0 Å². The van der Waals surface area contributed by atoms with Crippen LogP contribution in [0.15, 0.2) is 30.3 Å². The molecule has 0 N–H and O–H groups in total. The molecule has 0 saturated carbocycles. The number of benzene rings is 1. The summed E-state index contributed by atoms with van der Waals surface area (Å²) >= 11 is 0. The van der Waals surface area contributed by atoms with Gasteiger partial charge in [-0.15, -0.1) is 0 Å². The van der Waals surface area contributed by atoms with Crippen LogP contribution in [0.4, 0.5) is 0 Å². The minimum Gasteiger partial charge on any atom is -0.489 e. The minimum atomic E-state index is 0. The van der Waals surface area contributed by atoms with E-state index in [1.54, 1.807) is 0 Å². The zero-order valence-corrected chi connectivity index (χ0v) is 9.31. The number of carbonyl (C=O) groups excluding carboxylic acids is 2. The third-order valence-electron chi connectivity index (χ3n) is 1.55. The fourth-order valence-corrected chi connectivity index (χ4v) is 1.06. The Balaban J connectivity index is 0.000000381. The first-order valence-electron chi connectivity index (χ1n) is 3.76. The van der Waals surface area contributed by atoms with Gasteiger partial charge in [-0.2, -0.15) is 9.59 Å². The Morgan fingerprint density at radius 3 is 2.50 bits per heavy atom. The Kier molecular flexibility index (Phi) is 6.65. The molecule has 4 heteroatoms. The Labute approximate surface area is 96.0 Å². The van der Waals surface area contributed by atoms with E-state index in [0.717, 1.165) is 5.75 Å². The molecule has 1 aromatic rings. The van der Waals surface area contributed by atoms with Crippen LogP contribution in [0.1, 0.15) is 5.56 Å². The molecule has 14 heavy (non-hydrogen) atoms. The van der Waals surface area contributed by atoms with Crippen LogP contribution in [-0.4, -0.2) is 12.8 Å². The maximum atomic E-state index is 8.12. The Bertz CT molecular complexity index is 341. The van der Waals surface area contributed by atoms with Crippen molar-refractivity contribution in [2.24, 2.45) is 0 Å². The first kappa shape index (κ1) is 12.8. The summed E-state index contributed by atoms with van der Waals surface area (Å²) in [5, 5.41) is 0. The predicted octanol–water partition coefficient (Wildman–Crippen LogP) is 1.51. The molecule has 72 valence electrons. The normalized spacial score (nSPS) is 10.6. The molecule has 0 saturated heterocycles. The van der Waals surface area contributed by atoms with Gasteiger partial charge in [0.2, 0.25) is 0 Å². The van der Waals surface area contributed by atoms with Gasteiger partial charge in [0, 0.05) is 26.6 Å². The third-order valence-corrected chi connectivity index (χ3v) is 1.55. The number of fused-ring (bicyclic) bond motifs is 1. The van der Waals surface area contributed by atoms with Crippen LogP contribution < -0.4 is 4.74 Å². The van der Waals surface area contributed by atoms with E-state index in [1.165, 1.54) is 5.56 Å². The molecule has 0 radical (unpaired) electrons. The van der Waals surface area contributed by atoms with Crippen molar-refractivity contribution in [1.29, 1.82) is 0 Å². The average Bonchev–Trinajstić information content (AvgIpc) is 2.19. The van der Waals surface area contributed by atoms with Crippen LogP contribution in [0, 0.1) is 0 Å². The molecule has 2 rings (SSSR count). The van der Waals surface area contributed by atoms with Gasteiger partial charge in [0.15, 0.2) is 0 Å². The van der Waals surface area contributed by atoms with E-state index in [1.807, 2.05) is 30.3 Å². The van der Waals surface area contributed by atoms with Gasteiger partial charge in [0.05, 0.1) is 0 Å². The quantitative estimate of drug-likeness (QED) is 0.672.